The first kappa shape index (κ1) is 18.7. The van der Waals surface area contributed by atoms with E-state index in [0.717, 1.165) is 43.4 Å². The number of likely N-dealkylation sites (tertiary alicyclic amines) is 2. The summed E-state index contributed by atoms with van der Waals surface area (Å²) in [6, 6.07) is 20.4. The van der Waals surface area contributed by atoms with Crippen LogP contribution in [-0.2, 0) is 9.59 Å². The molecule has 0 radical (unpaired) electrons. The van der Waals surface area contributed by atoms with E-state index in [0.29, 0.717) is 13.0 Å². The molecule has 1 unspecified atom stereocenters. The van der Waals surface area contributed by atoms with Crippen LogP contribution in [0.5, 0.6) is 0 Å². The van der Waals surface area contributed by atoms with Crippen LogP contribution in [0.4, 0.5) is 0 Å². The normalized spacial score (nSPS) is 22.3. The van der Waals surface area contributed by atoms with Gasteiger partial charge in [0.05, 0.1) is 0 Å². The summed E-state index contributed by atoms with van der Waals surface area (Å²) >= 11 is 0. The molecule has 28 heavy (non-hydrogen) atoms. The standard InChI is InChI=1S/C24H28N2O2/c1-25-16-8-14-24(23(25)28)15-9-17-26(24)22(27)18-21(19-10-4-2-5-11-19)20-12-6-3-7-13-20/h2-7,10-13,21H,8-9,14-18H2,1H3. The van der Waals surface area contributed by atoms with Crippen molar-refractivity contribution in [3.63, 3.8) is 0 Å². The Balaban J connectivity index is 1.62. The van der Waals surface area contributed by atoms with Gasteiger partial charge in [-0.05, 0) is 36.8 Å². The summed E-state index contributed by atoms with van der Waals surface area (Å²) in [5, 5.41) is 0. The Labute approximate surface area is 167 Å². The molecule has 0 aliphatic carbocycles. The quantitative estimate of drug-likeness (QED) is 0.814. The molecule has 0 saturated carbocycles. The van der Waals surface area contributed by atoms with Gasteiger partial charge in [-0.3, -0.25) is 9.59 Å². The second kappa shape index (κ2) is 7.78. The van der Waals surface area contributed by atoms with Gasteiger partial charge in [-0.1, -0.05) is 60.7 Å². The van der Waals surface area contributed by atoms with Gasteiger partial charge in [-0.25, -0.2) is 0 Å². The number of hydrogen-bond acceptors (Lipinski definition) is 2. The summed E-state index contributed by atoms with van der Waals surface area (Å²) < 4.78 is 0. The van der Waals surface area contributed by atoms with Crippen molar-refractivity contribution in [2.45, 2.75) is 43.6 Å². The van der Waals surface area contributed by atoms with Gasteiger partial charge in [0.25, 0.3) is 0 Å². The van der Waals surface area contributed by atoms with Crippen molar-refractivity contribution in [2.75, 3.05) is 20.1 Å². The number of carbonyl (C=O) groups excluding carboxylic acids is 2. The molecular weight excluding hydrogens is 348 g/mol. The monoisotopic (exact) mass is 376 g/mol. The first-order valence-electron chi connectivity index (χ1n) is 10.3. The van der Waals surface area contributed by atoms with Gasteiger partial charge < -0.3 is 9.80 Å². The highest BCUT2D eigenvalue weighted by atomic mass is 16.2. The molecule has 2 aliphatic heterocycles. The van der Waals surface area contributed by atoms with E-state index < -0.39 is 5.54 Å². The van der Waals surface area contributed by atoms with Crippen molar-refractivity contribution in [1.29, 1.82) is 0 Å². The molecule has 2 amide bonds. The molecule has 4 rings (SSSR count). The van der Waals surface area contributed by atoms with Crippen molar-refractivity contribution in [1.82, 2.24) is 9.80 Å². The maximum atomic E-state index is 13.5. The highest BCUT2D eigenvalue weighted by Gasteiger charge is 2.52. The lowest BCUT2D eigenvalue weighted by atomic mass is 9.84. The summed E-state index contributed by atoms with van der Waals surface area (Å²) in [5.41, 5.74) is 1.67. The maximum Gasteiger partial charge on any atom is 0.248 e. The Morgan fingerprint density at radius 1 is 0.929 bits per heavy atom. The number of likely N-dealkylation sites (N-methyl/N-ethyl adjacent to an activating group) is 1. The Morgan fingerprint density at radius 3 is 2.04 bits per heavy atom. The smallest absolute Gasteiger partial charge is 0.248 e. The minimum atomic E-state index is -0.609. The van der Waals surface area contributed by atoms with Gasteiger partial charge in [0.15, 0.2) is 0 Å². The van der Waals surface area contributed by atoms with E-state index in [4.69, 9.17) is 0 Å². The van der Waals surface area contributed by atoms with Gasteiger partial charge in [0.1, 0.15) is 5.54 Å². The van der Waals surface area contributed by atoms with E-state index in [-0.39, 0.29) is 17.7 Å². The van der Waals surface area contributed by atoms with Gasteiger partial charge in [-0.15, -0.1) is 0 Å². The average molecular weight is 377 g/mol. The molecule has 4 nitrogen and oxygen atoms in total. The number of carbonyl (C=O) groups is 2. The molecule has 2 aromatic carbocycles. The molecule has 2 aromatic rings. The van der Waals surface area contributed by atoms with E-state index in [9.17, 15) is 9.59 Å². The van der Waals surface area contributed by atoms with Gasteiger partial charge in [0, 0.05) is 32.5 Å². The van der Waals surface area contributed by atoms with Gasteiger partial charge in [-0.2, -0.15) is 0 Å². The summed E-state index contributed by atoms with van der Waals surface area (Å²) in [6.07, 6.45) is 3.86. The van der Waals surface area contributed by atoms with Crippen LogP contribution in [0.2, 0.25) is 0 Å². The second-order valence-corrected chi connectivity index (χ2v) is 8.09. The summed E-state index contributed by atoms with van der Waals surface area (Å²) in [4.78, 5) is 30.2. The lowest BCUT2D eigenvalue weighted by molar-refractivity contribution is -0.154. The highest BCUT2D eigenvalue weighted by Crippen LogP contribution is 2.39. The molecule has 0 N–H and O–H groups in total. The largest absolute Gasteiger partial charge is 0.344 e. The molecule has 1 spiro atoms. The number of rotatable bonds is 4. The Kier molecular flexibility index (Phi) is 5.21. The second-order valence-electron chi connectivity index (χ2n) is 8.09. The van der Waals surface area contributed by atoms with E-state index in [1.54, 1.807) is 4.90 Å². The first-order valence-corrected chi connectivity index (χ1v) is 10.3. The van der Waals surface area contributed by atoms with Crippen molar-refractivity contribution < 1.29 is 9.59 Å². The number of piperidine rings is 1. The van der Waals surface area contributed by atoms with Crippen LogP contribution in [0, 0.1) is 0 Å². The predicted molar refractivity (Wildman–Crippen MR) is 110 cm³/mol. The highest BCUT2D eigenvalue weighted by molar-refractivity contribution is 5.93. The summed E-state index contributed by atoms with van der Waals surface area (Å²) in [6.45, 7) is 1.48. The minimum absolute atomic E-state index is 0.00368. The van der Waals surface area contributed by atoms with Crippen molar-refractivity contribution in [3.8, 4) is 0 Å². The average Bonchev–Trinajstić information content (AvgIpc) is 3.16. The van der Waals surface area contributed by atoms with Crippen LogP contribution in [0.3, 0.4) is 0 Å². The first-order chi connectivity index (χ1) is 13.6. The third-order valence-corrected chi connectivity index (χ3v) is 6.40. The van der Waals surface area contributed by atoms with Crippen LogP contribution in [0.15, 0.2) is 60.7 Å². The molecule has 2 saturated heterocycles. The zero-order chi connectivity index (χ0) is 19.6. The molecule has 0 aromatic heterocycles. The van der Waals surface area contributed by atoms with E-state index >= 15 is 0 Å². The van der Waals surface area contributed by atoms with Crippen LogP contribution in [-0.4, -0.2) is 47.3 Å². The van der Waals surface area contributed by atoms with Crippen molar-refractivity contribution >= 4 is 11.8 Å². The fourth-order valence-corrected chi connectivity index (χ4v) is 4.98. The SMILES string of the molecule is CN1CCCC2(CCCN2C(=O)CC(c2ccccc2)c2ccccc2)C1=O. The number of benzene rings is 2. The molecule has 2 aliphatic rings. The molecular formula is C24H28N2O2. The fourth-order valence-electron chi connectivity index (χ4n) is 4.98. The Bertz CT molecular complexity index is 797. The van der Waals surface area contributed by atoms with Crippen LogP contribution < -0.4 is 0 Å². The molecule has 1 atom stereocenters. The Morgan fingerprint density at radius 2 is 1.46 bits per heavy atom. The number of amides is 2. The number of nitrogens with zero attached hydrogens (tertiary/aromatic N) is 2. The zero-order valence-electron chi connectivity index (χ0n) is 16.5. The summed E-state index contributed by atoms with van der Waals surface area (Å²) in [5.74, 6) is 0.225. The zero-order valence-corrected chi connectivity index (χ0v) is 16.5. The molecule has 4 heteroatoms. The number of hydrogen-bond donors (Lipinski definition) is 0. The van der Waals surface area contributed by atoms with Crippen LogP contribution in [0.25, 0.3) is 0 Å². The third kappa shape index (κ3) is 3.32. The topological polar surface area (TPSA) is 40.6 Å². The molecule has 2 fully saturated rings. The van der Waals surface area contributed by atoms with Crippen LogP contribution >= 0.6 is 0 Å². The summed E-state index contributed by atoms with van der Waals surface area (Å²) in [7, 11) is 1.86. The van der Waals surface area contributed by atoms with Crippen LogP contribution in [0.1, 0.15) is 49.1 Å². The van der Waals surface area contributed by atoms with Gasteiger partial charge >= 0.3 is 0 Å². The fraction of sp³-hybridized carbons (Fsp3) is 0.417. The van der Waals surface area contributed by atoms with Crippen molar-refractivity contribution in [3.05, 3.63) is 71.8 Å². The lowest BCUT2D eigenvalue weighted by Gasteiger charge is -2.43. The van der Waals surface area contributed by atoms with E-state index in [1.165, 1.54) is 0 Å². The lowest BCUT2D eigenvalue weighted by Crippen LogP contribution is -2.60. The minimum Gasteiger partial charge on any atom is -0.344 e. The molecule has 2 heterocycles. The van der Waals surface area contributed by atoms with Gasteiger partial charge in [0.2, 0.25) is 11.8 Å². The molecule has 0 bridgehead atoms. The predicted octanol–water partition coefficient (Wildman–Crippen LogP) is 3.82. The van der Waals surface area contributed by atoms with E-state index in [1.807, 2.05) is 48.3 Å². The Hall–Kier alpha value is -2.62. The van der Waals surface area contributed by atoms with Crippen molar-refractivity contribution in [2.24, 2.45) is 0 Å². The maximum absolute atomic E-state index is 13.5. The molecule has 146 valence electrons. The van der Waals surface area contributed by atoms with E-state index in [2.05, 4.69) is 24.3 Å². The third-order valence-electron chi connectivity index (χ3n) is 6.40.